The molecule has 112 valence electrons. The molecule has 0 fully saturated rings. The highest BCUT2D eigenvalue weighted by Gasteiger charge is 2.20. The first-order chi connectivity index (χ1) is 10.6. The second-order valence-corrected chi connectivity index (χ2v) is 6.18. The lowest BCUT2D eigenvalue weighted by Gasteiger charge is -2.22. The van der Waals surface area contributed by atoms with Gasteiger partial charge in [-0.25, -0.2) is 4.39 Å². The number of benzene rings is 2. The number of thiophene rings is 1. The van der Waals surface area contributed by atoms with E-state index in [2.05, 4.69) is 0 Å². The van der Waals surface area contributed by atoms with E-state index in [0.717, 1.165) is 16.0 Å². The molecule has 1 heterocycles. The number of hydrogen-bond acceptors (Lipinski definition) is 2. The number of aryl methyl sites for hydroxylation is 1. The summed E-state index contributed by atoms with van der Waals surface area (Å²) in [5, 5.41) is 0.511. The predicted molar refractivity (Wildman–Crippen MR) is 90.3 cm³/mol. The molecule has 22 heavy (non-hydrogen) atoms. The van der Waals surface area contributed by atoms with Gasteiger partial charge in [0.15, 0.2) is 0 Å². The van der Waals surface area contributed by atoms with Gasteiger partial charge in [-0.05, 0) is 43.7 Å². The number of carbonyl (C=O) groups excluding carboxylic acids is 1. The summed E-state index contributed by atoms with van der Waals surface area (Å²) in [7, 11) is 0. The lowest BCUT2D eigenvalue weighted by molar-refractivity contribution is 0.0992. The summed E-state index contributed by atoms with van der Waals surface area (Å²) in [4.78, 5) is 15.1. The van der Waals surface area contributed by atoms with E-state index in [1.54, 1.807) is 17.0 Å². The molecule has 0 spiro atoms. The van der Waals surface area contributed by atoms with Gasteiger partial charge in [0.25, 0.3) is 5.91 Å². The molecule has 0 N–H and O–H groups in total. The molecular formula is C18H16FNOS. The van der Waals surface area contributed by atoms with Gasteiger partial charge in [0.05, 0.1) is 4.88 Å². The zero-order valence-corrected chi connectivity index (χ0v) is 13.3. The highest BCUT2D eigenvalue weighted by molar-refractivity contribution is 7.20. The molecule has 3 aromatic rings. The standard InChI is InChI=1S/C18H16FNOS/c1-3-20(15-9-5-4-7-12(15)2)18(21)17-11-13-14(19)8-6-10-16(13)22-17/h4-11H,3H2,1-2H3. The minimum Gasteiger partial charge on any atom is -0.308 e. The highest BCUT2D eigenvalue weighted by atomic mass is 32.1. The van der Waals surface area contributed by atoms with Gasteiger partial charge in [-0.2, -0.15) is 0 Å². The van der Waals surface area contributed by atoms with Crippen molar-refractivity contribution in [1.29, 1.82) is 0 Å². The van der Waals surface area contributed by atoms with Gasteiger partial charge in [-0.3, -0.25) is 4.79 Å². The minimum atomic E-state index is -0.285. The van der Waals surface area contributed by atoms with Gasteiger partial charge in [0.1, 0.15) is 5.82 Å². The lowest BCUT2D eigenvalue weighted by Crippen LogP contribution is -2.30. The summed E-state index contributed by atoms with van der Waals surface area (Å²) in [6, 6.07) is 14.4. The molecule has 0 bridgehead atoms. The van der Waals surface area contributed by atoms with Crippen molar-refractivity contribution in [2.24, 2.45) is 0 Å². The number of rotatable bonds is 3. The number of para-hydroxylation sites is 1. The third-order valence-corrected chi connectivity index (χ3v) is 4.77. The molecule has 0 unspecified atom stereocenters. The van der Waals surface area contributed by atoms with Crippen LogP contribution < -0.4 is 4.90 Å². The molecule has 4 heteroatoms. The first-order valence-electron chi connectivity index (χ1n) is 7.17. The Balaban J connectivity index is 2.03. The summed E-state index contributed by atoms with van der Waals surface area (Å²) < 4.78 is 14.6. The zero-order valence-electron chi connectivity index (χ0n) is 12.5. The molecule has 0 radical (unpaired) electrons. The highest BCUT2D eigenvalue weighted by Crippen LogP contribution is 2.30. The topological polar surface area (TPSA) is 20.3 Å². The monoisotopic (exact) mass is 313 g/mol. The Kier molecular flexibility index (Phi) is 3.94. The number of anilines is 1. The van der Waals surface area contributed by atoms with Crippen LogP contribution in [0.3, 0.4) is 0 Å². The fourth-order valence-electron chi connectivity index (χ4n) is 2.55. The maximum absolute atomic E-state index is 13.8. The molecule has 3 rings (SSSR count). The Labute approximate surface area is 132 Å². The minimum absolute atomic E-state index is 0.0857. The van der Waals surface area contributed by atoms with Crippen molar-refractivity contribution >= 4 is 33.0 Å². The molecule has 0 aliphatic rings. The number of amides is 1. The van der Waals surface area contributed by atoms with Gasteiger partial charge in [-0.15, -0.1) is 11.3 Å². The van der Waals surface area contributed by atoms with E-state index in [0.29, 0.717) is 16.8 Å². The van der Waals surface area contributed by atoms with Crippen LogP contribution in [0.5, 0.6) is 0 Å². The van der Waals surface area contributed by atoms with Crippen molar-refractivity contribution in [1.82, 2.24) is 0 Å². The van der Waals surface area contributed by atoms with Crippen LogP contribution >= 0.6 is 11.3 Å². The van der Waals surface area contributed by atoms with Crippen molar-refractivity contribution in [3.05, 3.63) is 64.8 Å². The van der Waals surface area contributed by atoms with Crippen LogP contribution in [0.2, 0.25) is 0 Å². The average molecular weight is 313 g/mol. The average Bonchev–Trinajstić information content (AvgIpc) is 2.95. The molecule has 0 aliphatic heterocycles. The molecule has 0 saturated carbocycles. The smallest absolute Gasteiger partial charge is 0.268 e. The Morgan fingerprint density at radius 3 is 2.64 bits per heavy atom. The van der Waals surface area contributed by atoms with Crippen LogP contribution in [-0.4, -0.2) is 12.5 Å². The quantitative estimate of drug-likeness (QED) is 0.665. The maximum Gasteiger partial charge on any atom is 0.268 e. The lowest BCUT2D eigenvalue weighted by atomic mass is 10.1. The zero-order chi connectivity index (χ0) is 15.7. The summed E-state index contributed by atoms with van der Waals surface area (Å²) >= 11 is 1.33. The van der Waals surface area contributed by atoms with Crippen molar-refractivity contribution < 1.29 is 9.18 Å². The predicted octanol–water partition coefficient (Wildman–Crippen LogP) is 5.02. The molecule has 0 atom stereocenters. The molecule has 1 amide bonds. The van der Waals surface area contributed by atoms with Crippen molar-refractivity contribution in [2.45, 2.75) is 13.8 Å². The molecule has 2 aromatic carbocycles. The van der Waals surface area contributed by atoms with E-state index in [9.17, 15) is 9.18 Å². The second kappa shape index (κ2) is 5.89. The third kappa shape index (κ3) is 2.50. The van der Waals surface area contributed by atoms with Crippen molar-refractivity contribution in [3.8, 4) is 0 Å². The molecular weight excluding hydrogens is 297 g/mol. The fourth-order valence-corrected chi connectivity index (χ4v) is 3.58. The SMILES string of the molecule is CCN(C(=O)c1cc2c(F)cccc2s1)c1ccccc1C. The molecule has 0 aliphatic carbocycles. The molecule has 1 aromatic heterocycles. The maximum atomic E-state index is 13.8. The van der Waals surface area contributed by atoms with Crippen LogP contribution in [-0.2, 0) is 0 Å². The van der Waals surface area contributed by atoms with Crippen molar-refractivity contribution in [3.63, 3.8) is 0 Å². The van der Waals surface area contributed by atoms with Crippen molar-refractivity contribution in [2.75, 3.05) is 11.4 Å². The van der Waals surface area contributed by atoms with Crippen LogP contribution in [0.15, 0.2) is 48.5 Å². The van der Waals surface area contributed by atoms with E-state index in [4.69, 9.17) is 0 Å². The van der Waals surface area contributed by atoms with E-state index >= 15 is 0 Å². The normalized spacial score (nSPS) is 10.9. The number of carbonyl (C=O) groups is 1. The van der Waals surface area contributed by atoms with Gasteiger partial charge in [0, 0.05) is 22.3 Å². The first kappa shape index (κ1) is 14.7. The third-order valence-electron chi connectivity index (χ3n) is 3.69. The summed E-state index contributed by atoms with van der Waals surface area (Å²) in [6.45, 7) is 4.49. The van der Waals surface area contributed by atoms with E-state index < -0.39 is 0 Å². The number of halogens is 1. The van der Waals surface area contributed by atoms with Gasteiger partial charge >= 0.3 is 0 Å². The summed E-state index contributed by atoms with van der Waals surface area (Å²) in [6.07, 6.45) is 0. The van der Waals surface area contributed by atoms with Gasteiger partial charge < -0.3 is 4.90 Å². The van der Waals surface area contributed by atoms with Gasteiger partial charge in [0.2, 0.25) is 0 Å². The van der Waals surface area contributed by atoms with Crippen LogP contribution in [0.4, 0.5) is 10.1 Å². The number of hydrogen-bond donors (Lipinski definition) is 0. The number of nitrogens with zero attached hydrogens (tertiary/aromatic N) is 1. The van der Waals surface area contributed by atoms with E-state index in [-0.39, 0.29) is 11.7 Å². The largest absolute Gasteiger partial charge is 0.308 e. The van der Waals surface area contributed by atoms with Gasteiger partial charge in [-0.1, -0.05) is 24.3 Å². The Morgan fingerprint density at radius 1 is 1.18 bits per heavy atom. The Morgan fingerprint density at radius 2 is 1.95 bits per heavy atom. The summed E-state index contributed by atoms with van der Waals surface area (Å²) in [5.41, 5.74) is 1.94. The molecule has 2 nitrogen and oxygen atoms in total. The number of fused-ring (bicyclic) bond motifs is 1. The molecule has 0 saturated heterocycles. The van der Waals surface area contributed by atoms with Crippen LogP contribution in [0, 0.1) is 12.7 Å². The van der Waals surface area contributed by atoms with Crippen LogP contribution in [0.25, 0.3) is 10.1 Å². The Hall–Kier alpha value is -2.20. The van der Waals surface area contributed by atoms with Crippen LogP contribution in [0.1, 0.15) is 22.2 Å². The first-order valence-corrected chi connectivity index (χ1v) is 7.99. The second-order valence-electron chi connectivity index (χ2n) is 5.10. The van der Waals surface area contributed by atoms with E-state index in [1.165, 1.54) is 17.4 Å². The Bertz CT molecular complexity index is 840. The van der Waals surface area contributed by atoms with E-state index in [1.807, 2.05) is 44.2 Å². The summed E-state index contributed by atoms with van der Waals surface area (Å²) in [5.74, 6) is -0.371. The fraction of sp³-hybridized carbons (Fsp3) is 0.167.